The highest BCUT2D eigenvalue weighted by atomic mass is 35.5. The Bertz CT molecular complexity index is 781. The molecule has 0 saturated carbocycles. The zero-order chi connectivity index (χ0) is 18.4. The maximum Gasteiger partial charge on any atom is 0.328 e. The molecule has 0 aliphatic carbocycles. The molecular formula is C18H17ClFNO4. The number of carbonyl (C=O) groups is 2. The van der Waals surface area contributed by atoms with E-state index in [1.807, 2.05) is 0 Å². The molecule has 0 aliphatic rings. The van der Waals surface area contributed by atoms with Crippen LogP contribution in [-0.2, 0) is 16.1 Å². The fourth-order valence-electron chi connectivity index (χ4n) is 2.06. The first-order valence-corrected chi connectivity index (χ1v) is 7.84. The largest absolute Gasteiger partial charge is 0.494 e. The van der Waals surface area contributed by atoms with E-state index in [1.165, 1.54) is 26.2 Å². The van der Waals surface area contributed by atoms with Gasteiger partial charge in [-0.2, -0.15) is 0 Å². The van der Waals surface area contributed by atoms with Gasteiger partial charge in [-0.15, -0.1) is 0 Å². The maximum absolute atomic E-state index is 13.6. The van der Waals surface area contributed by atoms with Crippen molar-refractivity contribution >= 4 is 23.5 Å². The van der Waals surface area contributed by atoms with Gasteiger partial charge in [0.1, 0.15) is 12.6 Å². The summed E-state index contributed by atoms with van der Waals surface area (Å²) in [5.74, 6) is -1.56. The molecule has 7 heteroatoms. The molecule has 0 radical (unpaired) electrons. The molecule has 132 valence electrons. The Kier molecular flexibility index (Phi) is 6.36. The van der Waals surface area contributed by atoms with E-state index in [2.05, 4.69) is 5.32 Å². The predicted molar refractivity (Wildman–Crippen MR) is 91.1 cm³/mol. The van der Waals surface area contributed by atoms with Crippen molar-refractivity contribution in [2.75, 3.05) is 7.11 Å². The zero-order valence-electron chi connectivity index (χ0n) is 13.7. The van der Waals surface area contributed by atoms with Crippen molar-refractivity contribution in [3.63, 3.8) is 0 Å². The van der Waals surface area contributed by atoms with E-state index in [1.54, 1.807) is 30.3 Å². The van der Waals surface area contributed by atoms with Crippen molar-refractivity contribution < 1.29 is 23.5 Å². The highest BCUT2D eigenvalue weighted by Gasteiger charge is 2.19. The summed E-state index contributed by atoms with van der Waals surface area (Å²) in [6.45, 7) is 1.37. The Labute approximate surface area is 149 Å². The van der Waals surface area contributed by atoms with Crippen molar-refractivity contribution in [2.45, 2.75) is 19.6 Å². The lowest BCUT2D eigenvalue weighted by Crippen LogP contribution is -2.39. The minimum absolute atomic E-state index is 0.107. The van der Waals surface area contributed by atoms with Gasteiger partial charge in [-0.05, 0) is 36.8 Å². The first-order valence-electron chi connectivity index (χ1n) is 7.47. The number of halogens is 2. The van der Waals surface area contributed by atoms with Crippen LogP contribution >= 0.6 is 11.6 Å². The number of carbonyl (C=O) groups excluding carboxylic acids is 2. The van der Waals surface area contributed by atoms with Gasteiger partial charge in [0.15, 0.2) is 11.6 Å². The van der Waals surface area contributed by atoms with Crippen LogP contribution in [0.15, 0.2) is 42.5 Å². The number of amides is 1. The summed E-state index contributed by atoms with van der Waals surface area (Å²) in [5.41, 5.74) is 0.734. The SMILES string of the molecule is COc1ccc(COC(=O)C(C)NC(=O)c2ccccc2Cl)cc1F. The Balaban J connectivity index is 1.91. The smallest absolute Gasteiger partial charge is 0.328 e. The molecule has 1 unspecified atom stereocenters. The van der Waals surface area contributed by atoms with Crippen LogP contribution in [0.1, 0.15) is 22.8 Å². The van der Waals surface area contributed by atoms with Gasteiger partial charge in [0.2, 0.25) is 0 Å². The van der Waals surface area contributed by atoms with E-state index in [0.717, 1.165) is 0 Å². The first kappa shape index (κ1) is 18.7. The molecule has 0 saturated heterocycles. The van der Waals surface area contributed by atoms with Gasteiger partial charge in [-0.1, -0.05) is 29.8 Å². The van der Waals surface area contributed by atoms with Crippen molar-refractivity contribution in [3.05, 3.63) is 64.4 Å². The minimum Gasteiger partial charge on any atom is -0.494 e. The van der Waals surface area contributed by atoms with Crippen molar-refractivity contribution in [1.29, 1.82) is 0 Å². The molecule has 2 rings (SSSR count). The third-order valence-electron chi connectivity index (χ3n) is 3.42. The van der Waals surface area contributed by atoms with Gasteiger partial charge in [-0.3, -0.25) is 4.79 Å². The Morgan fingerprint density at radius 2 is 1.96 bits per heavy atom. The van der Waals surface area contributed by atoms with E-state index >= 15 is 0 Å². The zero-order valence-corrected chi connectivity index (χ0v) is 14.5. The molecule has 2 aromatic rings. The summed E-state index contributed by atoms with van der Waals surface area (Å²) in [7, 11) is 1.36. The average molecular weight is 366 g/mol. The van der Waals surface area contributed by atoms with E-state index in [9.17, 15) is 14.0 Å². The number of nitrogens with one attached hydrogen (secondary N) is 1. The Morgan fingerprint density at radius 1 is 1.24 bits per heavy atom. The molecule has 5 nitrogen and oxygen atoms in total. The van der Waals surface area contributed by atoms with Crippen LogP contribution in [0.3, 0.4) is 0 Å². The first-order chi connectivity index (χ1) is 11.9. The Morgan fingerprint density at radius 3 is 2.60 bits per heavy atom. The second-order valence-corrected chi connectivity index (χ2v) is 5.66. The average Bonchev–Trinajstić information content (AvgIpc) is 2.60. The van der Waals surface area contributed by atoms with Crippen molar-refractivity contribution in [1.82, 2.24) is 5.32 Å². The standard InChI is InChI=1S/C18H17ClFNO4/c1-11(21-17(22)13-5-3-4-6-14(13)19)18(23)25-10-12-7-8-16(24-2)15(20)9-12/h3-9,11H,10H2,1-2H3,(H,21,22). The molecule has 0 spiro atoms. The molecule has 0 bridgehead atoms. The second-order valence-electron chi connectivity index (χ2n) is 5.25. The number of methoxy groups -OCH3 is 1. The quantitative estimate of drug-likeness (QED) is 0.797. The number of rotatable bonds is 6. The lowest BCUT2D eigenvalue weighted by Gasteiger charge is -2.14. The van der Waals surface area contributed by atoms with Crippen molar-refractivity contribution in [3.8, 4) is 5.75 Å². The van der Waals surface area contributed by atoms with E-state index in [-0.39, 0.29) is 22.9 Å². The van der Waals surface area contributed by atoms with Gasteiger partial charge < -0.3 is 14.8 Å². The van der Waals surface area contributed by atoms with Crippen molar-refractivity contribution in [2.24, 2.45) is 0 Å². The molecule has 0 aromatic heterocycles. The van der Waals surface area contributed by atoms with Crippen LogP contribution in [0, 0.1) is 5.82 Å². The summed E-state index contributed by atoms with van der Waals surface area (Å²) in [6, 6.07) is 9.87. The molecule has 25 heavy (non-hydrogen) atoms. The Hall–Kier alpha value is -2.60. The number of esters is 1. The fourth-order valence-corrected chi connectivity index (χ4v) is 2.28. The fraction of sp³-hybridized carbons (Fsp3) is 0.222. The third kappa shape index (κ3) is 4.93. The lowest BCUT2D eigenvalue weighted by molar-refractivity contribution is -0.146. The van der Waals surface area contributed by atoms with E-state index in [0.29, 0.717) is 5.56 Å². The van der Waals surface area contributed by atoms with Crippen LogP contribution in [0.4, 0.5) is 4.39 Å². The van der Waals surface area contributed by atoms with Crippen LogP contribution in [0.25, 0.3) is 0 Å². The van der Waals surface area contributed by atoms with Crippen LogP contribution in [0.5, 0.6) is 5.75 Å². The summed E-state index contributed by atoms with van der Waals surface area (Å²) in [6.07, 6.45) is 0. The van der Waals surface area contributed by atoms with Crippen LogP contribution in [-0.4, -0.2) is 25.0 Å². The van der Waals surface area contributed by atoms with Gasteiger partial charge in [0, 0.05) is 0 Å². The number of hydrogen-bond acceptors (Lipinski definition) is 4. The molecule has 0 heterocycles. The molecule has 1 N–H and O–H groups in total. The number of benzene rings is 2. The highest BCUT2D eigenvalue weighted by molar-refractivity contribution is 6.33. The van der Waals surface area contributed by atoms with E-state index < -0.39 is 23.7 Å². The minimum atomic E-state index is -0.883. The lowest BCUT2D eigenvalue weighted by atomic mass is 10.2. The maximum atomic E-state index is 13.6. The molecule has 1 atom stereocenters. The normalized spacial score (nSPS) is 11.5. The van der Waals surface area contributed by atoms with Crippen LogP contribution in [0.2, 0.25) is 5.02 Å². The van der Waals surface area contributed by atoms with Gasteiger partial charge >= 0.3 is 5.97 Å². The number of hydrogen-bond donors (Lipinski definition) is 1. The highest BCUT2D eigenvalue weighted by Crippen LogP contribution is 2.18. The van der Waals surface area contributed by atoms with Gasteiger partial charge in [0.05, 0.1) is 17.7 Å². The third-order valence-corrected chi connectivity index (χ3v) is 3.75. The predicted octanol–water partition coefficient (Wildman–Crippen LogP) is 3.35. The second kappa shape index (κ2) is 8.48. The summed E-state index contributed by atoms with van der Waals surface area (Å²) < 4.78 is 23.5. The van der Waals surface area contributed by atoms with Crippen LogP contribution < -0.4 is 10.1 Å². The summed E-state index contributed by atoms with van der Waals surface area (Å²) >= 11 is 5.94. The molecule has 0 fully saturated rings. The monoisotopic (exact) mass is 365 g/mol. The molecule has 2 aromatic carbocycles. The summed E-state index contributed by atoms with van der Waals surface area (Å²) in [4.78, 5) is 24.1. The molecule has 1 amide bonds. The molecule has 0 aliphatic heterocycles. The van der Waals surface area contributed by atoms with Gasteiger partial charge in [0.25, 0.3) is 5.91 Å². The van der Waals surface area contributed by atoms with E-state index in [4.69, 9.17) is 21.1 Å². The molecular weight excluding hydrogens is 349 g/mol. The van der Waals surface area contributed by atoms with Gasteiger partial charge in [-0.25, -0.2) is 9.18 Å². The number of ether oxygens (including phenoxy) is 2. The topological polar surface area (TPSA) is 64.6 Å². The summed E-state index contributed by atoms with van der Waals surface area (Å²) in [5, 5.41) is 2.80.